The number of alkyl carbamates (subject to hydrolysis) is 2. The smallest absolute Gasteiger partial charge is 0.481 e. The molecule has 38 heteroatoms. The minimum atomic E-state index is -2.56. The third kappa shape index (κ3) is 17.2. The molecule has 4 bridgehead atoms. The van der Waals surface area contributed by atoms with Crippen LogP contribution in [-0.2, 0) is 105 Å². The number of ketones is 2. The van der Waals surface area contributed by atoms with Crippen LogP contribution in [0.5, 0.6) is 0 Å². The Morgan fingerprint density at radius 3 is 1.13 bits per heavy atom. The number of ether oxygens (including phenoxy) is 14. The van der Waals surface area contributed by atoms with Crippen LogP contribution in [0.1, 0.15) is 199 Å². The molecule has 6 fully saturated rings. The van der Waals surface area contributed by atoms with E-state index in [1.54, 1.807) is 77.9 Å². The van der Waals surface area contributed by atoms with Gasteiger partial charge in [0.1, 0.15) is 52.4 Å². The van der Waals surface area contributed by atoms with Crippen molar-refractivity contribution >= 4 is 83.8 Å². The number of carboxylic acids is 2. The second kappa shape index (κ2) is 34.4. The van der Waals surface area contributed by atoms with Gasteiger partial charge in [0.2, 0.25) is 5.60 Å². The Kier molecular flexibility index (Phi) is 27.2. The van der Waals surface area contributed by atoms with Crippen molar-refractivity contribution < 1.29 is 174 Å². The fourth-order valence-corrected chi connectivity index (χ4v) is 19.6. The molecular formula is C88H118N2O36. The first-order valence-electron chi connectivity index (χ1n) is 40.9. The van der Waals surface area contributed by atoms with Gasteiger partial charge < -0.3 is 118 Å². The lowest BCUT2D eigenvalue weighted by atomic mass is 9.44. The summed E-state index contributed by atoms with van der Waals surface area (Å²) in [6.07, 6.45) is -24.9. The van der Waals surface area contributed by atoms with E-state index in [9.17, 15) is 98.4 Å². The molecule has 4 unspecified atom stereocenters. The number of nitrogens with one attached hydrogen (secondary N) is 2. The number of carbonyl (C=O) groups is 14. The molecule has 8 aliphatic rings. The van der Waals surface area contributed by atoms with Crippen LogP contribution in [0.15, 0.2) is 83.0 Å². The van der Waals surface area contributed by atoms with Crippen molar-refractivity contribution in [2.75, 3.05) is 27.4 Å². The zero-order valence-electron chi connectivity index (χ0n) is 75.1. The number of esters is 6. The van der Waals surface area contributed by atoms with Crippen LogP contribution in [0.4, 0.5) is 19.2 Å². The number of carboxylic acid groups (broad SMARTS) is 2. The van der Waals surface area contributed by atoms with E-state index in [1.807, 2.05) is 0 Å². The van der Waals surface area contributed by atoms with Crippen molar-refractivity contribution in [1.29, 1.82) is 0 Å². The summed E-state index contributed by atoms with van der Waals surface area (Å²) >= 11 is 0. The molecule has 38 nitrogen and oxygen atoms in total. The summed E-state index contributed by atoms with van der Waals surface area (Å²) in [6, 6.07) is 11.9. The highest BCUT2D eigenvalue weighted by Crippen LogP contribution is 2.68. The summed E-state index contributed by atoms with van der Waals surface area (Å²) < 4.78 is 80.4. The largest absolute Gasteiger partial charge is 0.508 e. The predicted octanol–water partition coefficient (Wildman–Crippen LogP) is 6.36. The van der Waals surface area contributed by atoms with Gasteiger partial charge >= 0.3 is 72.3 Å². The topological polar surface area (TPSA) is 554 Å². The molecule has 126 heavy (non-hydrogen) atoms. The number of aliphatic carboxylic acids is 2. The SMILES string of the molecule is COC(=O)O[C@@]12CO[C@@H]1CC(O)[C@@]1(C)C(=O)[C@H](OC(C)=O)C3=C(C)[C@@](C)(OC(=O)[C@H](O)[C@@H](NC(=O)OC(C)(C)C(=O)O)C(C)(C)C)C[C@@](O)([C@@H](OC(=O)c4ccccc4)C12)C3(C)C.COC(=O)O[C@@]12CO[C@@H]1CC(O)[C@@]1(C)C(=O)[C@H](OC(C)=O)C3=C(C)[C@@](C)(OC(=O)[C@H](O)[C@@H](NC(=O)OC(C)(C)C)C(C)(C)C(=O)O)C[C@@](O)([C@@H](OC(=O)c4ccccc4)C12)C3(C)C. The number of hydrogen-bond donors (Lipinski definition) is 10. The number of amides is 2. The average Bonchev–Trinajstić information content (AvgIpc) is 0.667. The Balaban J connectivity index is 0.000000285. The van der Waals surface area contributed by atoms with Crippen LogP contribution in [0.25, 0.3) is 0 Å². The van der Waals surface area contributed by atoms with E-state index in [0.717, 1.165) is 55.8 Å². The minimum absolute atomic E-state index is 0.00266. The lowest BCUT2D eigenvalue weighted by Crippen LogP contribution is -2.82. The summed E-state index contributed by atoms with van der Waals surface area (Å²) in [5, 5.41) is 99.4. The molecule has 2 aliphatic heterocycles. The van der Waals surface area contributed by atoms with Crippen molar-refractivity contribution in [1.82, 2.24) is 10.6 Å². The van der Waals surface area contributed by atoms with E-state index in [-0.39, 0.29) is 46.3 Å². The number of rotatable bonds is 20. The quantitative estimate of drug-likeness (QED) is 0.0392. The maximum atomic E-state index is 15.6. The number of aliphatic hydroxyl groups excluding tert-OH is 4. The standard InChI is InChI=1S/2C44H59NO18/c1-21-26-28(59-22(2)46)31(49)42(11)24(47)18-25-43(20-58-25,63-37(55)57-12)29(42)32(60-33(50)23-16-14-13-15-17-23)44(56,40(26,8)9)19-41(21,10)61-34(51)27(48)30(39(6,7)35(52)53)45-36(54)62-38(3,4)5;1-21-26-28(59-22(2)46)31(49)42(11)24(47)18-25-43(20-58-25,63-37(55)57-12)29(42)32(60-33(50)23-16-14-13-15-17-23)44(56,39(26,6)7)19-41(21,10)61-34(51)27(48)30(38(3,4)5)45-36(54)62-40(8,9)35(52)53/h2*13-17,24-25,27-30,32,47-48,56H,18-20H2,1-12H3,(H,45,54)(H,52,53)/t2*24?,25-,27-,28-,29?,30-,32+,41+,42-,43+,44-/m11/s1. The van der Waals surface area contributed by atoms with Crippen LogP contribution in [0, 0.1) is 44.3 Å². The Labute approximate surface area is 727 Å². The van der Waals surface area contributed by atoms with E-state index in [1.165, 1.54) is 93.5 Å². The Bertz CT molecular complexity index is 4730. The van der Waals surface area contributed by atoms with Crippen molar-refractivity contribution in [3.05, 3.63) is 94.1 Å². The van der Waals surface area contributed by atoms with Crippen molar-refractivity contribution in [2.45, 2.75) is 296 Å². The van der Waals surface area contributed by atoms with E-state index < -0.39 is 272 Å². The summed E-state index contributed by atoms with van der Waals surface area (Å²) in [5.41, 5.74) is -27.4. The Morgan fingerprint density at radius 1 is 0.492 bits per heavy atom. The third-order valence-electron chi connectivity index (χ3n) is 27.2. The summed E-state index contributed by atoms with van der Waals surface area (Å²) in [4.78, 5) is 191. The Hall–Kier alpha value is -10.2. The van der Waals surface area contributed by atoms with Crippen LogP contribution in [0.3, 0.4) is 0 Å². The number of hydrogen-bond acceptors (Lipinski definition) is 34. The van der Waals surface area contributed by atoms with Crippen LogP contribution < -0.4 is 10.6 Å². The van der Waals surface area contributed by atoms with E-state index >= 15 is 9.59 Å². The summed E-state index contributed by atoms with van der Waals surface area (Å²) in [6.45, 7) is 29.3. The molecule has 2 aromatic carbocycles. The maximum absolute atomic E-state index is 15.6. The fraction of sp³-hybridized carbons (Fsp3) is 0.659. The van der Waals surface area contributed by atoms with E-state index in [4.69, 9.17) is 66.3 Å². The molecule has 696 valence electrons. The van der Waals surface area contributed by atoms with Gasteiger partial charge in [0, 0.05) is 50.4 Å². The number of fused-ring (bicyclic) bond motifs is 10. The zero-order valence-corrected chi connectivity index (χ0v) is 75.1. The highest BCUT2D eigenvalue weighted by Gasteiger charge is 2.82. The minimum Gasteiger partial charge on any atom is -0.481 e. The van der Waals surface area contributed by atoms with Gasteiger partial charge in [-0.3, -0.25) is 24.0 Å². The molecule has 0 radical (unpaired) electrons. The highest BCUT2D eigenvalue weighted by molar-refractivity contribution is 5.98. The van der Waals surface area contributed by atoms with E-state index in [0.29, 0.717) is 0 Å². The molecule has 0 aromatic heterocycles. The van der Waals surface area contributed by atoms with E-state index in [2.05, 4.69) is 10.6 Å². The molecule has 2 saturated heterocycles. The number of carbonyl (C=O) groups excluding carboxylic acids is 12. The van der Waals surface area contributed by atoms with Crippen LogP contribution in [0.2, 0.25) is 0 Å². The first-order valence-corrected chi connectivity index (χ1v) is 40.9. The molecule has 2 aromatic rings. The maximum Gasteiger partial charge on any atom is 0.508 e. The van der Waals surface area contributed by atoms with Crippen molar-refractivity contribution in [3.63, 3.8) is 0 Å². The number of aliphatic hydroxyl groups is 6. The lowest BCUT2D eigenvalue weighted by molar-refractivity contribution is -0.345. The monoisotopic (exact) mass is 1780 g/mol. The second-order valence-electron chi connectivity index (χ2n) is 38.8. The second-order valence-corrected chi connectivity index (χ2v) is 38.8. The van der Waals surface area contributed by atoms with Gasteiger partial charge in [0.25, 0.3) is 0 Å². The lowest BCUT2D eigenvalue weighted by Gasteiger charge is -2.67. The average molecular weight is 1780 g/mol. The first kappa shape index (κ1) is 99.6. The summed E-state index contributed by atoms with van der Waals surface area (Å²) in [5.74, 6) is -15.1. The van der Waals surface area contributed by atoms with Crippen molar-refractivity contribution in [2.24, 2.45) is 44.3 Å². The van der Waals surface area contributed by atoms with Gasteiger partial charge in [-0.2, -0.15) is 0 Å². The molecule has 22 atom stereocenters. The number of benzene rings is 2. The van der Waals surface area contributed by atoms with Crippen LogP contribution in [-0.4, -0.2) is 270 Å². The van der Waals surface area contributed by atoms with Gasteiger partial charge in [0.05, 0.1) is 90.9 Å². The first-order chi connectivity index (χ1) is 57.7. The molecule has 0 spiro atoms. The van der Waals surface area contributed by atoms with Crippen molar-refractivity contribution in [3.8, 4) is 0 Å². The van der Waals surface area contributed by atoms with Crippen LogP contribution >= 0.6 is 0 Å². The number of methoxy groups -OCH3 is 2. The van der Waals surface area contributed by atoms with Gasteiger partial charge in [-0.15, -0.1) is 0 Å². The zero-order chi connectivity index (χ0) is 95.3. The fourth-order valence-electron chi connectivity index (χ4n) is 19.6. The molecule has 4 saturated carbocycles. The molecule has 10 rings (SSSR count). The van der Waals surface area contributed by atoms with Gasteiger partial charge in [-0.05, 0) is 142 Å². The molecular weight excluding hydrogens is 1660 g/mol. The van der Waals surface area contributed by atoms with Gasteiger partial charge in [0.15, 0.2) is 47.2 Å². The highest BCUT2D eigenvalue weighted by atomic mass is 16.8. The Morgan fingerprint density at radius 2 is 0.833 bits per heavy atom. The number of Topliss-reactive ketones (excluding diaryl/α,β-unsaturated/α-hetero) is 2. The van der Waals surface area contributed by atoms with Gasteiger partial charge in [-0.25, -0.2) is 43.2 Å². The molecule has 10 N–H and O–H groups in total. The third-order valence-corrected chi connectivity index (χ3v) is 27.2. The molecule has 2 heterocycles. The molecule has 6 aliphatic carbocycles. The predicted molar refractivity (Wildman–Crippen MR) is 431 cm³/mol. The van der Waals surface area contributed by atoms with Gasteiger partial charge in [-0.1, -0.05) is 84.9 Å². The normalized spacial score (nSPS) is 33.3. The summed E-state index contributed by atoms with van der Waals surface area (Å²) in [7, 11) is 2.08. The molecule has 2 amide bonds.